The van der Waals surface area contributed by atoms with Crippen LogP contribution < -0.4 is 0 Å². The lowest BCUT2D eigenvalue weighted by Crippen LogP contribution is -2.18. The summed E-state index contributed by atoms with van der Waals surface area (Å²) in [7, 11) is 0. The first-order valence-corrected chi connectivity index (χ1v) is 7.53. The van der Waals surface area contributed by atoms with Crippen molar-refractivity contribution in [3.8, 4) is 0 Å². The summed E-state index contributed by atoms with van der Waals surface area (Å²) in [6.45, 7) is 2.25. The van der Waals surface area contributed by atoms with E-state index in [2.05, 4.69) is 16.0 Å². The second kappa shape index (κ2) is 6.12. The second-order valence-electron chi connectivity index (χ2n) is 5.55. The number of aromatic amines is 1. The smallest absolute Gasteiger partial charge is 0.338 e. The fraction of sp³-hybridized carbons (Fsp3) is 0.412. The normalized spacial score (nSPS) is 17.3. The molecule has 0 saturated carbocycles. The van der Waals surface area contributed by atoms with Crippen LogP contribution in [0.15, 0.2) is 30.6 Å². The summed E-state index contributed by atoms with van der Waals surface area (Å²) in [6.07, 6.45) is 7.88. The van der Waals surface area contributed by atoms with Gasteiger partial charge in [0.15, 0.2) is 0 Å². The standard InChI is InChI=1S/C17H20N2O2/c1-2-21-17(20)15-6-5-13-9-12(3-4-14(13)11-15)10-16-18-7-8-19-16/h5-8,11-12H,2-4,9-10H2,1H3,(H,18,19). The summed E-state index contributed by atoms with van der Waals surface area (Å²) in [5.74, 6) is 1.46. The first kappa shape index (κ1) is 13.9. The Morgan fingerprint density at radius 2 is 2.33 bits per heavy atom. The molecule has 3 rings (SSSR count). The second-order valence-corrected chi connectivity index (χ2v) is 5.55. The molecule has 0 fully saturated rings. The van der Waals surface area contributed by atoms with E-state index >= 15 is 0 Å². The van der Waals surface area contributed by atoms with Gasteiger partial charge < -0.3 is 9.72 Å². The van der Waals surface area contributed by atoms with Crippen LogP contribution in [-0.2, 0) is 24.0 Å². The molecule has 0 amide bonds. The number of rotatable bonds is 4. The zero-order valence-corrected chi connectivity index (χ0v) is 12.3. The molecule has 1 unspecified atom stereocenters. The lowest BCUT2D eigenvalue weighted by atomic mass is 9.81. The highest BCUT2D eigenvalue weighted by atomic mass is 16.5. The van der Waals surface area contributed by atoms with Crippen LogP contribution in [-0.4, -0.2) is 22.5 Å². The van der Waals surface area contributed by atoms with Crippen LogP contribution in [0.1, 0.15) is 40.7 Å². The first-order valence-electron chi connectivity index (χ1n) is 7.53. The van der Waals surface area contributed by atoms with Crippen LogP contribution in [0.3, 0.4) is 0 Å². The van der Waals surface area contributed by atoms with Crippen LogP contribution in [0.2, 0.25) is 0 Å². The highest BCUT2D eigenvalue weighted by molar-refractivity contribution is 5.89. The number of aryl methyl sites for hydroxylation is 1. The number of carbonyl (C=O) groups is 1. The Morgan fingerprint density at radius 1 is 1.43 bits per heavy atom. The van der Waals surface area contributed by atoms with Crippen LogP contribution in [0, 0.1) is 5.92 Å². The Morgan fingerprint density at radius 3 is 3.10 bits per heavy atom. The summed E-state index contributed by atoms with van der Waals surface area (Å²) in [6, 6.07) is 5.96. The van der Waals surface area contributed by atoms with E-state index in [4.69, 9.17) is 4.74 Å². The number of nitrogens with one attached hydrogen (secondary N) is 1. The Labute approximate surface area is 124 Å². The third kappa shape index (κ3) is 3.15. The zero-order chi connectivity index (χ0) is 14.7. The topological polar surface area (TPSA) is 55.0 Å². The molecule has 1 heterocycles. The number of carbonyl (C=O) groups excluding carboxylic acids is 1. The van der Waals surface area contributed by atoms with Gasteiger partial charge in [-0.3, -0.25) is 0 Å². The van der Waals surface area contributed by atoms with Gasteiger partial charge in [0.2, 0.25) is 0 Å². The maximum atomic E-state index is 11.8. The summed E-state index contributed by atoms with van der Waals surface area (Å²) >= 11 is 0. The molecule has 2 aromatic rings. The third-order valence-corrected chi connectivity index (χ3v) is 4.08. The molecular weight excluding hydrogens is 264 g/mol. The van der Waals surface area contributed by atoms with Gasteiger partial charge in [-0.1, -0.05) is 6.07 Å². The summed E-state index contributed by atoms with van der Waals surface area (Å²) in [4.78, 5) is 19.3. The monoisotopic (exact) mass is 284 g/mol. The number of imidazole rings is 1. The number of fused-ring (bicyclic) bond motifs is 1. The minimum Gasteiger partial charge on any atom is -0.462 e. The molecule has 4 heteroatoms. The molecular formula is C17H20N2O2. The van der Waals surface area contributed by atoms with Crippen LogP contribution in [0.4, 0.5) is 0 Å². The van der Waals surface area contributed by atoms with E-state index in [0.29, 0.717) is 18.1 Å². The van der Waals surface area contributed by atoms with Gasteiger partial charge in [-0.2, -0.15) is 0 Å². The van der Waals surface area contributed by atoms with E-state index in [-0.39, 0.29) is 5.97 Å². The van der Waals surface area contributed by atoms with Crippen LogP contribution in [0.25, 0.3) is 0 Å². The molecule has 110 valence electrons. The first-order chi connectivity index (χ1) is 10.3. The maximum absolute atomic E-state index is 11.8. The Hall–Kier alpha value is -2.10. The van der Waals surface area contributed by atoms with E-state index in [9.17, 15) is 4.79 Å². The Kier molecular flexibility index (Phi) is 4.04. The van der Waals surface area contributed by atoms with Crippen LogP contribution in [0.5, 0.6) is 0 Å². The van der Waals surface area contributed by atoms with Gasteiger partial charge in [0.05, 0.1) is 12.2 Å². The van der Waals surface area contributed by atoms with Crippen molar-refractivity contribution in [2.45, 2.75) is 32.6 Å². The predicted octanol–water partition coefficient (Wildman–Crippen LogP) is 2.93. The lowest BCUT2D eigenvalue weighted by molar-refractivity contribution is 0.0526. The lowest BCUT2D eigenvalue weighted by Gasteiger charge is -2.24. The van der Waals surface area contributed by atoms with Crippen molar-refractivity contribution in [2.75, 3.05) is 6.61 Å². The van der Waals surface area contributed by atoms with Crippen molar-refractivity contribution in [3.05, 3.63) is 53.1 Å². The van der Waals surface area contributed by atoms with E-state index in [0.717, 1.165) is 31.5 Å². The van der Waals surface area contributed by atoms with Crippen molar-refractivity contribution >= 4 is 5.97 Å². The molecule has 1 atom stereocenters. The fourth-order valence-electron chi connectivity index (χ4n) is 3.03. The number of nitrogens with zero attached hydrogens (tertiary/aromatic N) is 1. The molecule has 1 aromatic carbocycles. The average Bonchev–Trinajstić information content (AvgIpc) is 3.00. The minimum absolute atomic E-state index is 0.224. The van der Waals surface area contributed by atoms with Gasteiger partial charge >= 0.3 is 5.97 Å². The van der Waals surface area contributed by atoms with Crippen molar-refractivity contribution < 1.29 is 9.53 Å². The zero-order valence-electron chi connectivity index (χ0n) is 12.3. The summed E-state index contributed by atoms with van der Waals surface area (Å²) in [5, 5.41) is 0. The molecule has 0 radical (unpaired) electrons. The van der Waals surface area contributed by atoms with Gasteiger partial charge in [-0.25, -0.2) is 9.78 Å². The number of H-pyrrole nitrogens is 1. The Bertz CT molecular complexity index is 620. The number of hydrogen-bond donors (Lipinski definition) is 1. The maximum Gasteiger partial charge on any atom is 0.338 e. The molecule has 1 N–H and O–H groups in total. The van der Waals surface area contributed by atoms with Crippen molar-refractivity contribution in [3.63, 3.8) is 0 Å². The van der Waals surface area contributed by atoms with Gasteiger partial charge in [-0.05, 0) is 55.4 Å². The summed E-state index contributed by atoms with van der Waals surface area (Å²) < 4.78 is 5.06. The van der Waals surface area contributed by atoms with Gasteiger partial charge in [0, 0.05) is 18.8 Å². The van der Waals surface area contributed by atoms with Gasteiger partial charge in [-0.15, -0.1) is 0 Å². The summed E-state index contributed by atoms with van der Waals surface area (Å²) in [5.41, 5.74) is 3.31. The highest BCUT2D eigenvalue weighted by Gasteiger charge is 2.21. The van der Waals surface area contributed by atoms with Gasteiger partial charge in [0.1, 0.15) is 5.82 Å². The van der Waals surface area contributed by atoms with E-state index in [1.165, 1.54) is 11.1 Å². The predicted molar refractivity (Wildman–Crippen MR) is 80.2 cm³/mol. The molecule has 0 aliphatic heterocycles. The fourth-order valence-corrected chi connectivity index (χ4v) is 3.03. The minimum atomic E-state index is -0.224. The largest absolute Gasteiger partial charge is 0.462 e. The van der Waals surface area contributed by atoms with E-state index in [1.54, 1.807) is 6.20 Å². The SMILES string of the molecule is CCOC(=O)c1ccc2c(c1)CCC(Cc1ncc[nH]1)C2. The highest BCUT2D eigenvalue weighted by Crippen LogP contribution is 2.28. The quantitative estimate of drug-likeness (QED) is 0.878. The van der Waals surface area contributed by atoms with Crippen LogP contribution >= 0.6 is 0 Å². The van der Waals surface area contributed by atoms with Crippen molar-refractivity contribution in [1.82, 2.24) is 9.97 Å². The molecule has 1 aromatic heterocycles. The van der Waals surface area contributed by atoms with Crippen molar-refractivity contribution in [2.24, 2.45) is 5.92 Å². The average molecular weight is 284 g/mol. The molecule has 0 saturated heterocycles. The van der Waals surface area contributed by atoms with E-state index < -0.39 is 0 Å². The number of aromatic nitrogens is 2. The number of esters is 1. The molecule has 0 bridgehead atoms. The molecule has 0 spiro atoms. The molecule has 1 aliphatic carbocycles. The molecule has 1 aliphatic rings. The molecule has 21 heavy (non-hydrogen) atoms. The van der Waals surface area contributed by atoms with Gasteiger partial charge in [0.25, 0.3) is 0 Å². The number of hydrogen-bond acceptors (Lipinski definition) is 3. The number of benzene rings is 1. The molecule has 4 nitrogen and oxygen atoms in total. The Balaban J connectivity index is 1.71. The number of ether oxygens (including phenoxy) is 1. The third-order valence-electron chi connectivity index (χ3n) is 4.08. The van der Waals surface area contributed by atoms with Crippen molar-refractivity contribution in [1.29, 1.82) is 0 Å². The van der Waals surface area contributed by atoms with E-state index in [1.807, 2.05) is 25.3 Å².